The van der Waals surface area contributed by atoms with Gasteiger partial charge in [-0.2, -0.15) is 0 Å². The summed E-state index contributed by atoms with van der Waals surface area (Å²) in [4.78, 5) is 38.7. The van der Waals surface area contributed by atoms with Crippen LogP contribution in [0.4, 0.5) is 4.79 Å². The fourth-order valence-corrected chi connectivity index (χ4v) is 4.28. The van der Waals surface area contributed by atoms with E-state index < -0.39 is 12.1 Å². The lowest BCUT2D eigenvalue weighted by Gasteiger charge is -2.21. The molecule has 0 radical (unpaired) electrons. The molecule has 0 bridgehead atoms. The smallest absolute Gasteiger partial charge is 0.324 e. The lowest BCUT2D eigenvalue weighted by atomic mass is 9.96. The number of carbonyl (C=O) groups is 3. The van der Waals surface area contributed by atoms with Crippen molar-refractivity contribution in [2.24, 2.45) is 0 Å². The minimum atomic E-state index is -0.800. The second-order valence-electron chi connectivity index (χ2n) is 8.24. The second-order valence-corrected chi connectivity index (χ2v) is 8.24. The fraction of sp³-hybridized carbons (Fsp3) is 0.609. The van der Waals surface area contributed by atoms with Gasteiger partial charge in [-0.3, -0.25) is 14.5 Å². The third-order valence-electron chi connectivity index (χ3n) is 6.04. The van der Waals surface area contributed by atoms with E-state index in [-0.39, 0.29) is 30.8 Å². The molecular weight excluding hydrogens is 398 g/mol. The van der Waals surface area contributed by atoms with E-state index in [0.29, 0.717) is 17.9 Å². The summed E-state index contributed by atoms with van der Waals surface area (Å²) in [6.07, 6.45) is 8.35. The number of carbonyl (C=O) groups excluding carboxylic acids is 3. The summed E-state index contributed by atoms with van der Waals surface area (Å²) in [6, 6.07) is 4.42. The SMILES string of the molecule is COc1ccc(CCN2C(=O)N[C@H](CC(=O)NC3CCCCCCC3)C2=O)cc1OC. The summed E-state index contributed by atoms with van der Waals surface area (Å²) < 4.78 is 10.5. The molecule has 1 aromatic rings. The van der Waals surface area contributed by atoms with E-state index in [9.17, 15) is 14.4 Å². The summed E-state index contributed by atoms with van der Waals surface area (Å²) in [7, 11) is 3.13. The quantitative estimate of drug-likeness (QED) is 0.617. The van der Waals surface area contributed by atoms with Crippen molar-refractivity contribution in [3.8, 4) is 11.5 Å². The van der Waals surface area contributed by atoms with Gasteiger partial charge >= 0.3 is 6.03 Å². The van der Waals surface area contributed by atoms with Crippen LogP contribution in [0.25, 0.3) is 0 Å². The molecule has 2 fully saturated rings. The van der Waals surface area contributed by atoms with E-state index in [4.69, 9.17) is 9.47 Å². The molecule has 1 heterocycles. The van der Waals surface area contributed by atoms with Gasteiger partial charge in [-0.25, -0.2) is 4.79 Å². The topological polar surface area (TPSA) is 97.0 Å². The van der Waals surface area contributed by atoms with Crippen LogP contribution in [0.1, 0.15) is 56.9 Å². The van der Waals surface area contributed by atoms with Crippen LogP contribution in [0.2, 0.25) is 0 Å². The number of rotatable bonds is 8. The van der Waals surface area contributed by atoms with Crippen molar-refractivity contribution in [3.63, 3.8) is 0 Å². The van der Waals surface area contributed by atoms with E-state index in [2.05, 4.69) is 10.6 Å². The molecule has 3 rings (SSSR count). The maximum absolute atomic E-state index is 12.7. The molecule has 31 heavy (non-hydrogen) atoms. The van der Waals surface area contributed by atoms with Gasteiger partial charge in [0.2, 0.25) is 5.91 Å². The van der Waals surface area contributed by atoms with Crippen LogP contribution < -0.4 is 20.1 Å². The number of methoxy groups -OCH3 is 2. The van der Waals surface area contributed by atoms with Crippen LogP contribution in [0, 0.1) is 0 Å². The van der Waals surface area contributed by atoms with Crippen molar-refractivity contribution < 1.29 is 23.9 Å². The average molecular weight is 432 g/mol. The highest BCUT2D eigenvalue weighted by Gasteiger charge is 2.38. The predicted molar refractivity (Wildman–Crippen MR) is 116 cm³/mol. The first kappa shape index (κ1) is 22.9. The van der Waals surface area contributed by atoms with Gasteiger partial charge in [-0.15, -0.1) is 0 Å². The Kier molecular flexibility index (Phi) is 8.14. The monoisotopic (exact) mass is 431 g/mol. The first-order valence-corrected chi connectivity index (χ1v) is 11.1. The van der Waals surface area contributed by atoms with Crippen molar-refractivity contribution in [1.82, 2.24) is 15.5 Å². The van der Waals surface area contributed by atoms with E-state index in [0.717, 1.165) is 31.2 Å². The number of hydrogen-bond donors (Lipinski definition) is 2. The van der Waals surface area contributed by atoms with Crippen molar-refractivity contribution in [2.45, 2.75) is 69.9 Å². The van der Waals surface area contributed by atoms with Crippen LogP contribution in [0.3, 0.4) is 0 Å². The molecule has 8 nitrogen and oxygen atoms in total. The Bertz CT molecular complexity index is 789. The molecule has 1 saturated carbocycles. The average Bonchev–Trinajstić information content (AvgIpc) is 3.00. The first-order valence-electron chi connectivity index (χ1n) is 11.1. The number of urea groups is 1. The lowest BCUT2D eigenvalue weighted by molar-refractivity contribution is -0.131. The Labute approximate surface area is 183 Å². The zero-order valence-electron chi connectivity index (χ0n) is 18.4. The number of benzene rings is 1. The third kappa shape index (κ3) is 6.12. The number of nitrogens with zero attached hydrogens (tertiary/aromatic N) is 1. The summed E-state index contributed by atoms with van der Waals surface area (Å²) in [5.74, 6) is 0.696. The minimum Gasteiger partial charge on any atom is -0.493 e. The Hall–Kier alpha value is -2.77. The van der Waals surface area contributed by atoms with Crippen molar-refractivity contribution in [3.05, 3.63) is 23.8 Å². The third-order valence-corrected chi connectivity index (χ3v) is 6.04. The Balaban J connectivity index is 1.51. The molecule has 1 aliphatic heterocycles. The van der Waals surface area contributed by atoms with Crippen molar-refractivity contribution in [1.29, 1.82) is 0 Å². The molecule has 8 heteroatoms. The Morgan fingerprint density at radius 1 is 1.06 bits per heavy atom. The molecule has 4 amide bonds. The minimum absolute atomic E-state index is 0.0199. The van der Waals surface area contributed by atoms with E-state index in [1.165, 1.54) is 24.2 Å². The summed E-state index contributed by atoms with van der Waals surface area (Å²) >= 11 is 0. The Morgan fingerprint density at radius 2 is 1.74 bits per heavy atom. The van der Waals surface area contributed by atoms with Crippen LogP contribution in [-0.2, 0) is 16.0 Å². The van der Waals surface area contributed by atoms with Gasteiger partial charge in [0.1, 0.15) is 6.04 Å². The van der Waals surface area contributed by atoms with Crippen LogP contribution in [0.15, 0.2) is 18.2 Å². The molecule has 1 aromatic carbocycles. The van der Waals surface area contributed by atoms with Gasteiger partial charge < -0.3 is 20.1 Å². The number of amides is 4. The number of ether oxygens (including phenoxy) is 2. The van der Waals surface area contributed by atoms with Crippen molar-refractivity contribution >= 4 is 17.8 Å². The highest BCUT2D eigenvalue weighted by molar-refractivity contribution is 6.05. The molecule has 2 aliphatic rings. The molecule has 1 saturated heterocycles. The van der Waals surface area contributed by atoms with Gasteiger partial charge in [0.25, 0.3) is 5.91 Å². The molecule has 170 valence electrons. The molecule has 0 unspecified atom stereocenters. The highest BCUT2D eigenvalue weighted by atomic mass is 16.5. The summed E-state index contributed by atoms with van der Waals surface area (Å²) in [5, 5.41) is 5.71. The van der Waals surface area contributed by atoms with Crippen LogP contribution >= 0.6 is 0 Å². The predicted octanol–water partition coefficient (Wildman–Crippen LogP) is 2.79. The molecule has 1 aliphatic carbocycles. The summed E-state index contributed by atoms with van der Waals surface area (Å²) in [6.45, 7) is 0.237. The number of nitrogens with one attached hydrogen (secondary N) is 2. The molecule has 0 spiro atoms. The molecular formula is C23H33N3O5. The number of hydrogen-bond acceptors (Lipinski definition) is 5. The van der Waals surface area contributed by atoms with Crippen LogP contribution in [-0.4, -0.2) is 55.6 Å². The van der Waals surface area contributed by atoms with Gasteiger partial charge in [0, 0.05) is 12.6 Å². The second kappa shape index (κ2) is 11.0. The Morgan fingerprint density at radius 3 is 2.42 bits per heavy atom. The number of imide groups is 1. The summed E-state index contributed by atoms with van der Waals surface area (Å²) in [5.41, 5.74) is 0.920. The van der Waals surface area contributed by atoms with E-state index in [1.807, 2.05) is 12.1 Å². The molecule has 2 N–H and O–H groups in total. The maximum atomic E-state index is 12.7. The zero-order chi connectivity index (χ0) is 22.2. The molecule has 0 aromatic heterocycles. The van der Waals surface area contributed by atoms with Gasteiger partial charge in [-0.1, -0.05) is 38.2 Å². The van der Waals surface area contributed by atoms with Gasteiger partial charge in [0.05, 0.1) is 20.6 Å². The fourth-order valence-electron chi connectivity index (χ4n) is 4.28. The van der Waals surface area contributed by atoms with Crippen LogP contribution in [0.5, 0.6) is 11.5 Å². The first-order chi connectivity index (χ1) is 15.0. The zero-order valence-corrected chi connectivity index (χ0v) is 18.4. The van der Waals surface area contributed by atoms with Crippen molar-refractivity contribution in [2.75, 3.05) is 20.8 Å². The normalized spacial score (nSPS) is 20.1. The highest BCUT2D eigenvalue weighted by Crippen LogP contribution is 2.28. The largest absolute Gasteiger partial charge is 0.493 e. The van der Waals surface area contributed by atoms with Gasteiger partial charge in [-0.05, 0) is 37.0 Å². The van der Waals surface area contributed by atoms with E-state index in [1.54, 1.807) is 20.3 Å². The maximum Gasteiger partial charge on any atom is 0.324 e. The standard InChI is InChI=1S/C23H33N3O5/c1-30-19-11-10-16(14-20(19)31-2)12-13-26-22(28)18(25-23(26)29)15-21(27)24-17-8-6-4-3-5-7-9-17/h10-11,14,17-18H,3-9,12-13,15H2,1-2H3,(H,24,27)(H,25,29)/t18-/m1/s1. The molecule has 1 atom stereocenters. The van der Waals surface area contributed by atoms with E-state index >= 15 is 0 Å². The lowest BCUT2D eigenvalue weighted by Crippen LogP contribution is -2.41. The van der Waals surface area contributed by atoms with Gasteiger partial charge in [0.15, 0.2) is 11.5 Å².